The summed E-state index contributed by atoms with van der Waals surface area (Å²) in [7, 11) is 0. The molecule has 0 N–H and O–H groups in total. The normalized spacial score (nSPS) is 12.2. The summed E-state index contributed by atoms with van der Waals surface area (Å²) in [4.78, 5) is 0. The third kappa shape index (κ3) is 4.44. The summed E-state index contributed by atoms with van der Waals surface area (Å²) < 4.78 is 0. The van der Waals surface area contributed by atoms with Gasteiger partial charge in [-0.05, 0) is 40.5 Å². The summed E-state index contributed by atoms with van der Waals surface area (Å²) in [6, 6.07) is 0. The molecule has 0 aliphatic heterocycles. The van der Waals surface area contributed by atoms with Crippen molar-refractivity contribution in [2.24, 2.45) is 10.8 Å². The molecule has 0 atom stereocenters. The van der Waals surface area contributed by atoms with Crippen LogP contribution in [0.4, 0.5) is 0 Å². The van der Waals surface area contributed by atoms with Gasteiger partial charge in [0, 0.05) is 10.8 Å². The van der Waals surface area contributed by atoms with E-state index in [0.29, 0.717) is 0 Å². The molecule has 0 aliphatic rings. The van der Waals surface area contributed by atoms with Crippen molar-refractivity contribution in [2.45, 2.75) is 54.4 Å². The molecule has 0 aromatic carbocycles. The SMILES string of the molecule is CCC(C)(C)C#CC(C)(C)CC. The van der Waals surface area contributed by atoms with Gasteiger partial charge in [0.05, 0.1) is 0 Å². The van der Waals surface area contributed by atoms with E-state index < -0.39 is 0 Å². The average molecular weight is 166 g/mol. The Morgan fingerprint density at radius 1 is 0.750 bits per heavy atom. The quantitative estimate of drug-likeness (QED) is 0.546. The molecule has 0 saturated carbocycles. The van der Waals surface area contributed by atoms with E-state index in [1.807, 2.05) is 0 Å². The lowest BCUT2D eigenvalue weighted by molar-refractivity contribution is 0.461. The second-order valence-electron chi connectivity index (χ2n) is 4.72. The topological polar surface area (TPSA) is 0 Å². The Kier molecular flexibility index (Phi) is 3.84. The molecule has 0 unspecified atom stereocenters. The van der Waals surface area contributed by atoms with Crippen LogP contribution < -0.4 is 0 Å². The fourth-order valence-corrected chi connectivity index (χ4v) is 0.515. The maximum absolute atomic E-state index is 3.35. The second kappa shape index (κ2) is 3.99. The standard InChI is InChI=1S/C12H22/c1-7-11(3,4)9-10-12(5,6)8-2/h7-8H2,1-6H3. The van der Waals surface area contributed by atoms with Crippen molar-refractivity contribution in [3.8, 4) is 11.8 Å². The Morgan fingerprint density at radius 2 is 1.00 bits per heavy atom. The highest BCUT2D eigenvalue weighted by Gasteiger charge is 2.14. The second-order valence-corrected chi connectivity index (χ2v) is 4.72. The van der Waals surface area contributed by atoms with E-state index in [1.54, 1.807) is 0 Å². The Hall–Kier alpha value is -0.440. The van der Waals surface area contributed by atoms with Gasteiger partial charge < -0.3 is 0 Å². The van der Waals surface area contributed by atoms with Crippen LogP contribution in [0.1, 0.15) is 54.4 Å². The minimum Gasteiger partial charge on any atom is -0.0965 e. The van der Waals surface area contributed by atoms with Crippen molar-refractivity contribution in [3.05, 3.63) is 0 Å². The van der Waals surface area contributed by atoms with E-state index in [4.69, 9.17) is 0 Å². The molecule has 0 saturated heterocycles. The van der Waals surface area contributed by atoms with E-state index in [9.17, 15) is 0 Å². The molecule has 12 heavy (non-hydrogen) atoms. The largest absolute Gasteiger partial charge is 0.0965 e. The zero-order valence-electron chi connectivity index (χ0n) is 9.41. The Balaban J connectivity index is 4.39. The van der Waals surface area contributed by atoms with Crippen molar-refractivity contribution in [3.63, 3.8) is 0 Å². The van der Waals surface area contributed by atoms with Crippen LogP contribution >= 0.6 is 0 Å². The first-order valence-electron chi connectivity index (χ1n) is 4.87. The molecule has 70 valence electrons. The first-order chi connectivity index (χ1) is 5.33. The number of hydrogen-bond acceptors (Lipinski definition) is 0. The Bertz CT molecular complexity index is 166. The van der Waals surface area contributed by atoms with Crippen molar-refractivity contribution in [1.82, 2.24) is 0 Å². The van der Waals surface area contributed by atoms with Gasteiger partial charge in [-0.3, -0.25) is 0 Å². The van der Waals surface area contributed by atoms with Crippen LogP contribution in [0, 0.1) is 22.7 Å². The molecule has 0 amide bonds. The molecular formula is C12H22. The predicted molar refractivity (Wildman–Crippen MR) is 55.9 cm³/mol. The van der Waals surface area contributed by atoms with Crippen LogP contribution in [0.15, 0.2) is 0 Å². The summed E-state index contributed by atoms with van der Waals surface area (Å²) in [6.07, 6.45) is 2.25. The van der Waals surface area contributed by atoms with E-state index in [1.165, 1.54) is 0 Å². The van der Waals surface area contributed by atoms with Crippen LogP contribution in [0.2, 0.25) is 0 Å². The first-order valence-corrected chi connectivity index (χ1v) is 4.87. The zero-order chi connectivity index (χ0) is 9.83. The molecule has 0 spiro atoms. The summed E-state index contributed by atoms with van der Waals surface area (Å²) in [5, 5.41) is 0. The lowest BCUT2D eigenvalue weighted by atomic mass is 9.86. The fraction of sp³-hybridized carbons (Fsp3) is 0.833. The van der Waals surface area contributed by atoms with Gasteiger partial charge in [-0.15, -0.1) is 0 Å². The van der Waals surface area contributed by atoms with E-state index in [-0.39, 0.29) is 10.8 Å². The Morgan fingerprint density at radius 3 is 1.17 bits per heavy atom. The van der Waals surface area contributed by atoms with Gasteiger partial charge in [0.15, 0.2) is 0 Å². The highest BCUT2D eigenvalue weighted by molar-refractivity contribution is 5.14. The third-order valence-corrected chi connectivity index (χ3v) is 2.51. The summed E-state index contributed by atoms with van der Waals surface area (Å²) in [5.41, 5.74) is 0.374. The highest BCUT2D eigenvalue weighted by atomic mass is 14.2. The molecule has 0 fully saturated rings. The maximum Gasteiger partial charge on any atom is 0.0256 e. The van der Waals surface area contributed by atoms with Crippen molar-refractivity contribution in [2.75, 3.05) is 0 Å². The van der Waals surface area contributed by atoms with E-state index in [0.717, 1.165) is 12.8 Å². The van der Waals surface area contributed by atoms with Gasteiger partial charge in [0.1, 0.15) is 0 Å². The van der Waals surface area contributed by atoms with Gasteiger partial charge in [-0.2, -0.15) is 0 Å². The van der Waals surface area contributed by atoms with Crippen LogP contribution in [0.25, 0.3) is 0 Å². The molecule has 0 rings (SSSR count). The fourth-order valence-electron chi connectivity index (χ4n) is 0.515. The molecule has 0 bridgehead atoms. The van der Waals surface area contributed by atoms with Gasteiger partial charge >= 0.3 is 0 Å². The van der Waals surface area contributed by atoms with Crippen molar-refractivity contribution in [1.29, 1.82) is 0 Å². The van der Waals surface area contributed by atoms with Gasteiger partial charge in [0.2, 0.25) is 0 Å². The van der Waals surface area contributed by atoms with Gasteiger partial charge in [-0.1, -0.05) is 25.7 Å². The molecular weight excluding hydrogens is 144 g/mol. The summed E-state index contributed by atoms with van der Waals surface area (Å²) >= 11 is 0. The lowest BCUT2D eigenvalue weighted by Crippen LogP contribution is -2.10. The predicted octanol–water partition coefficient (Wildman–Crippen LogP) is 3.86. The Labute approximate surface area is 77.8 Å². The molecule has 0 aliphatic carbocycles. The van der Waals surface area contributed by atoms with Gasteiger partial charge in [0.25, 0.3) is 0 Å². The maximum atomic E-state index is 3.35. The zero-order valence-corrected chi connectivity index (χ0v) is 9.41. The van der Waals surface area contributed by atoms with Crippen LogP contribution in [-0.4, -0.2) is 0 Å². The minimum absolute atomic E-state index is 0.187. The number of hydrogen-bond donors (Lipinski definition) is 0. The van der Waals surface area contributed by atoms with E-state index in [2.05, 4.69) is 53.4 Å². The van der Waals surface area contributed by atoms with Crippen LogP contribution in [-0.2, 0) is 0 Å². The summed E-state index contributed by atoms with van der Waals surface area (Å²) in [6.45, 7) is 13.2. The smallest absolute Gasteiger partial charge is 0.0256 e. The first kappa shape index (κ1) is 11.6. The summed E-state index contributed by atoms with van der Waals surface area (Å²) in [5.74, 6) is 6.70. The molecule has 0 aromatic heterocycles. The van der Waals surface area contributed by atoms with E-state index >= 15 is 0 Å². The van der Waals surface area contributed by atoms with Crippen LogP contribution in [0.3, 0.4) is 0 Å². The van der Waals surface area contributed by atoms with Crippen molar-refractivity contribution >= 4 is 0 Å². The minimum atomic E-state index is 0.187. The molecule has 0 heterocycles. The average Bonchev–Trinajstić information content (AvgIpc) is 2.02. The molecule has 0 radical (unpaired) electrons. The monoisotopic (exact) mass is 166 g/mol. The molecule has 0 aromatic rings. The third-order valence-electron chi connectivity index (χ3n) is 2.51. The molecule has 0 nitrogen and oxygen atoms in total. The van der Waals surface area contributed by atoms with Gasteiger partial charge in [-0.25, -0.2) is 0 Å². The lowest BCUT2D eigenvalue weighted by Gasteiger charge is -2.18. The van der Waals surface area contributed by atoms with Crippen LogP contribution in [0.5, 0.6) is 0 Å². The number of rotatable bonds is 2. The highest BCUT2D eigenvalue weighted by Crippen LogP contribution is 2.22. The molecule has 0 heteroatoms. The van der Waals surface area contributed by atoms with Crippen molar-refractivity contribution < 1.29 is 0 Å².